The summed E-state index contributed by atoms with van der Waals surface area (Å²) in [6.45, 7) is 42.7. The Hall–Kier alpha value is -4.51. The summed E-state index contributed by atoms with van der Waals surface area (Å²) < 4.78 is 69.6. The maximum Gasteiger partial charge on any atom is 0.245 e. The zero-order valence-corrected chi connectivity index (χ0v) is 50.3. The van der Waals surface area contributed by atoms with Gasteiger partial charge in [-0.25, -0.2) is 8.78 Å². The van der Waals surface area contributed by atoms with Gasteiger partial charge >= 0.3 is 0 Å². The highest BCUT2D eigenvalue weighted by Gasteiger charge is 2.15. The molecule has 0 aliphatic heterocycles. The fourth-order valence-corrected chi connectivity index (χ4v) is 5.20. The van der Waals surface area contributed by atoms with Crippen LogP contribution < -0.4 is 0 Å². The molecule has 7 aromatic rings. The Balaban J connectivity index is 0. The van der Waals surface area contributed by atoms with Gasteiger partial charge < -0.3 is 4.74 Å². The first-order valence-electron chi connectivity index (χ1n) is 28.2. The van der Waals surface area contributed by atoms with E-state index in [2.05, 4.69) is 244 Å². The molecule has 0 heterocycles. The van der Waals surface area contributed by atoms with E-state index in [1.54, 1.807) is 7.11 Å². The normalized spacial score (nSPS) is 12.5. The minimum absolute atomic E-state index is 0.0417. The van der Waals surface area contributed by atoms with Crippen LogP contribution in [0.5, 0.6) is 0 Å². The van der Waals surface area contributed by atoms with Crippen molar-refractivity contribution in [3.63, 3.8) is 0 Å². The van der Waals surface area contributed by atoms with Crippen LogP contribution in [-0.2, 0) is 4.74 Å². The molecule has 0 aliphatic carbocycles. The fourth-order valence-electron chi connectivity index (χ4n) is 5.20. The molecule has 0 saturated heterocycles. The quantitative estimate of drug-likeness (QED) is 0.171. The molecule has 0 radical (unpaired) electrons. The standard InChI is InChI=1S/3C12H12.C8H10.C6H14.C5H12O.C5H12S.C4H8F2.C4H10/c1-9-7-11-5-3-4-6-12(11)8-10(9)2;2*1-9-7-8-11-5-3-4-6-12(11)10(9)2;1-7-5-3-4-6-8(7)2;1-5-6(2,3)4;2*1-5(2,3)6-4;1-3-4(2,5)6;1-3-4-2/h3*3-8H,1-2H3;3-6H,1-2H3;5H2,1-4H3;2*1-4H3;3H2,1-2H3;3-4H2,1-2H3/i;;;;;;;3D2;3D2,4D2. The lowest BCUT2D eigenvalue weighted by Gasteiger charge is -2.14. The second kappa shape index (κ2) is 35.6. The Morgan fingerprint density at radius 3 is 0.931 bits per heavy atom. The van der Waals surface area contributed by atoms with E-state index >= 15 is 0 Å². The number of hydrogen-bond acceptors (Lipinski definition) is 2. The number of aryl methyl sites for hydroxylation is 8. The third kappa shape index (κ3) is 33.3. The third-order valence-electron chi connectivity index (χ3n) is 11.7. The van der Waals surface area contributed by atoms with Gasteiger partial charge in [0.15, 0.2) is 0 Å². The number of rotatable bonds is 2. The first-order chi connectivity index (χ1) is 35.3. The second-order valence-corrected chi connectivity index (χ2v) is 22.6. The number of ether oxygens (including phenoxy) is 1. The Morgan fingerprint density at radius 1 is 0.444 bits per heavy atom. The van der Waals surface area contributed by atoms with Crippen molar-refractivity contribution in [3.8, 4) is 0 Å². The zero-order valence-electron chi connectivity index (χ0n) is 55.5. The number of benzene rings is 7. The van der Waals surface area contributed by atoms with Gasteiger partial charge in [0.1, 0.15) is 0 Å². The number of thioether (sulfide) groups is 1. The smallest absolute Gasteiger partial charge is 0.245 e. The van der Waals surface area contributed by atoms with Gasteiger partial charge in [0.2, 0.25) is 5.92 Å². The lowest BCUT2D eigenvalue weighted by Crippen LogP contribution is -2.15. The molecule has 400 valence electrons. The molecule has 0 aliphatic rings. The van der Waals surface area contributed by atoms with E-state index in [1.165, 1.54) is 97.1 Å². The molecule has 72 heavy (non-hydrogen) atoms. The predicted octanol–water partition coefficient (Wildman–Crippen LogP) is 22.6. The van der Waals surface area contributed by atoms with E-state index in [0.717, 1.165) is 6.92 Å². The van der Waals surface area contributed by atoms with Gasteiger partial charge in [-0.15, -0.1) is 0 Å². The van der Waals surface area contributed by atoms with Crippen molar-refractivity contribution >= 4 is 44.1 Å². The largest absolute Gasteiger partial charge is 0.379 e. The van der Waals surface area contributed by atoms with Gasteiger partial charge in [0.05, 0.1) is 5.60 Å². The first kappa shape index (κ1) is 58.4. The van der Waals surface area contributed by atoms with Gasteiger partial charge in [0.25, 0.3) is 0 Å². The van der Waals surface area contributed by atoms with E-state index in [9.17, 15) is 8.78 Å². The SMILES string of the molecule is CCC(C)(C)C.COC(C)(C)C.CSC(C)(C)C.Cc1cc2ccccc2cc1C.Cc1ccc2ccccc2c1C.Cc1ccc2ccccc2c1C.Cc1ccccc1C.[2H]C([2H])(C)C(C)(F)F.[2H]C([2H])(C)C([2H])([2H])C. The van der Waals surface area contributed by atoms with Crippen LogP contribution in [0.15, 0.2) is 133 Å². The van der Waals surface area contributed by atoms with Crippen molar-refractivity contribution in [1.29, 1.82) is 0 Å². The monoisotopic (exact) mass is 1010 g/mol. The topological polar surface area (TPSA) is 9.23 Å². The molecule has 0 amide bonds. The van der Waals surface area contributed by atoms with Crippen molar-refractivity contribution in [2.45, 2.75) is 194 Å². The Kier molecular flexibility index (Phi) is 28.9. The zero-order chi connectivity index (χ0) is 61.3. The van der Waals surface area contributed by atoms with Gasteiger partial charge in [-0.1, -0.05) is 222 Å². The number of fused-ring (bicyclic) bond motifs is 3. The Labute approximate surface area is 454 Å². The summed E-state index contributed by atoms with van der Waals surface area (Å²) in [4.78, 5) is 0. The molecule has 0 fully saturated rings. The lowest BCUT2D eigenvalue weighted by molar-refractivity contribution is 0.0181. The van der Waals surface area contributed by atoms with Crippen LogP contribution in [0.4, 0.5) is 8.78 Å². The van der Waals surface area contributed by atoms with Crippen molar-refractivity contribution in [1.82, 2.24) is 0 Å². The molecule has 0 bridgehead atoms. The van der Waals surface area contributed by atoms with Gasteiger partial charge in [-0.2, -0.15) is 11.8 Å². The van der Waals surface area contributed by atoms with Crippen LogP contribution in [0, 0.1) is 60.8 Å². The van der Waals surface area contributed by atoms with Crippen molar-refractivity contribution in [2.24, 2.45) is 5.41 Å². The van der Waals surface area contributed by atoms with E-state index in [4.69, 9.17) is 13.0 Å². The van der Waals surface area contributed by atoms with Crippen LogP contribution in [0.25, 0.3) is 32.3 Å². The third-order valence-corrected chi connectivity index (χ3v) is 12.9. The van der Waals surface area contributed by atoms with Gasteiger partial charge in [0, 0.05) is 26.5 Å². The maximum atomic E-state index is 11.9. The summed E-state index contributed by atoms with van der Waals surface area (Å²) in [5.74, 6) is -3.23. The summed E-state index contributed by atoms with van der Waals surface area (Å²) in [5.41, 5.74) is 11.6. The minimum atomic E-state index is -3.23. The minimum Gasteiger partial charge on any atom is -0.379 e. The molecule has 0 aromatic heterocycles. The average Bonchev–Trinajstić information content (AvgIpc) is 3.32. The van der Waals surface area contributed by atoms with E-state index < -0.39 is 25.0 Å². The molecule has 7 rings (SSSR count). The molecule has 0 spiro atoms. The molecule has 4 heteroatoms. The van der Waals surface area contributed by atoms with Crippen LogP contribution >= 0.6 is 11.8 Å². The Bertz CT molecular complexity index is 2540. The predicted molar refractivity (Wildman–Crippen MR) is 327 cm³/mol. The maximum absolute atomic E-state index is 11.9. The van der Waals surface area contributed by atoms with Gasteiger partial charge in [-0.3, -0.25) is 0 Å². The molecular weight excluding hydrogens is 903 g/mol. The number of hydrogen-bond donors (Lipinski definition) is 0. The second-order valence-electron chi connectivity index (χ2n) is 21.0. The van der Waals surface area contributed by atoms with Gasteiger partial charge in [-0.05, 0) is 172 Å². The number of halogens is 2. The van der Waals surface area contributed by atoms with Crippen molar-refractivity contribution < 1.29 is 21.7 Å². The van der Waals surface area contributed by atoms with Crippen LogP contribution in [0.1, 0.15) is 175 Å². The summed E-state index contributed by atoms with van der Waals surface area (Å²) in [6, 6.07) is 47.0. The molecular formula is C68H102F2OS. The molecule has 0 atom stereocenters. The summed E-state index contributed by atoms with van der Waals surface area (Å²) in [6.07, 6.45) is -2.46. The summed E-state index contributed by atoms with van der Waals surface area (Å²) in [7, 11) is 1.71. The highest BCUT2D eigenvalue weighted by molar-refractivity contribution is 7.99. The molecule has 0 N–H and O–H groups in total. The van der Waals surface area contributed by atoms with Crippen LogP contribution in [0.2, 0.25) is 0 Å². The molecule has 1 nitrogen and oxygen atoms in total. The number of methoxy groups -OCH3 is 1. The van der Waals surface area contributed by atoms with E-state index in [0.29, 0.717) is 17.1 Å². The summed E-state index contributed by atoms with van der Waals surface area (Å²) >= 11 is 1.88. The van der Waals surface area contributed by atoms with E-state index in [1.807, 2.05) is 32.5 Å². The first-order valence-corrected chi connectivity index (χ1v) is 26.4. The highest BCUT2D eigenvalue weighted by Crippen LogP contribution is 2.23. The van der Waals surface area contributed by atoms with Crippen molar-refractivity contribution in [2.75, 3.05) is 13.4 Å². The fraction of sp³-hybridized carbons (Fsp3) is 0.471. The molecule has 0 unspecified atom stereocenters. The van der Waals surface area contributed by atoms with Crippen molar-refractivity contribution in [3.05, 3.63) is 178 Å². The Morgan fingerprint density at radius 2 is 0.708 bits per heavy atom. The number of alkyl halides is 2. The van der Waals surface area contributed by atoms with E-state index in [-0.39, 0.29) is 5.60 Å². The lowest BCUT2D eigenvalue weighted by atomic mass is 9.94. The molecule has 0 saturated carbocycles. The average molecular weight is 1010 g/mol. The summed E-state index contributed by atoms with van der Waals surface area (Å²) in [5, 5.41) is 8.08. The highest BCUT2D eigenvalue weighted by atomic mass is 32.2. The van der Waals surface area contributed by atoms with Crippen LogP contribution in [-0.4, -0.2) is 29.6 Å². The molecule has 7 aromatic carbocycles. The van der Waals surface area contributed by atoms with Crippen LogP contribution in [0.3, 0.4) is 0 Å².